The lowest BCUT2D eigenvalue weighted by Gasteiger charge is -2.25. The minimum absolute atomic E-state index is 0.596. The van der Waals surface area contributed by atoms with Gasteiger partial charge in [0.1, 0.15) is 0 Å². The van der Waals surface area contributed by atoms with Gasteiger partial charge in [-0.3, -0.25) is 0 Å². The number of hydrogen-bond acceptors (Lipinski definition) is 1. The number of benzene rings is 2. The second-order valence-electron chi connectivity index (χ2n) is 5.00. The van der Waals surface area contributed by atoms with Crippen LogP contribution in [0.4, 0.5) is 4.79 Å². The van der Waals surface area contributed by atoms with E-state index in [0.717, 1.165) is 16.7 Å². The first-order chi connectivity index (χ1) is 8.99. The Kier molecular flexibility index (Phi) is 3.56. The third-order valence-electron chi connectivity index (χ3n) is 3.13. The summed E-state index contributed by atoms with van der Waals surface area (Å²) >= 11 is 0. The molecule has 0 unspecified atom stereocenters. The Morgan fingerprint density at radius 3 is 2.00 bits per heavy atom. The zero-order chi connectivity index (χ0) is 13.9. The van der Waals surface area contributed by atoms with E-state index in [0.29, 0.717) is 0 Å². The van der Waals surface area contributed by atoms with Crippen LogP contribution in [-0.4, -0.2) is 11.2 Å². The predicted octanol–water partition coefficient (Wildman–Crippen LogP) is 3.86. The van der Waals surface area contributed by atoms with Crippen LogP contribution in [-0.2, 0) is 5.54 Å². The van der Waals surface area contributed by atoms with Crippen molar-refractivity contribution >= 4 is 6.09 Å². The summed E-state index contributed by atoms with van der Waals surface area (Å²) in [6, 6.07) is 18.0. The number of amides is 1. The van der Waals surface area contributed by atoms with Gasteiger partial charge < -0.3 is 10.4 Å². The molecule has 98 valence electrons. The highest BCUT2D eigenvalue weighted by Gasteiger charge is 2.22. The maximum Gasteiger partial charge on any atom is 0.405 e. The molecule has 2 aromatic carbocycles. The lowest BCUT2D eigenvalue weighted by Crippen LogP contribution is -2.39. The van der Waals surface area contributed by atoms with E-state index in [1.165, 1.54) is 0 Å². The Morgan fingerprint density at radius 2 is 1.47 bits per heavy atom. The molecule has 0 radical (unpaired) electrons. The molecular weight excluding hydrogens is 238 g/mol. The largest absolute Gasteiger partial charge is 0.465 e. The van der Waals surface area contributed by atoms with Crippen molar-refractivity contribution in [2.45, 2.75) is 19.4 Å². The molecule has 3 heteroatoms. The topological polar surface area (TPSA) is 49.3 Å². The molecule has 0 fully saturated rings. The summed E-state index contributed by atoms with van der Waals surface area (Å²) in [5, 5.41) is 11.3. The molecule has 0 spiro atoms. The first kappa shape index (κ1) is 13.1. The lowest BCUT2D eigenvalue weighted by atomic mass is 9.92. The van der Waals surface area contributed by atoms with Crippen molar-refractivity contribution in [1.82, 2.24) is 5.32 Å². The van der Waals surface area contributed by atoms with Crippen LogP contribution in [0.3, 0.4) is 0 Å². The maximum absolute atomic E-state index is 10.8. The van der Waals surface area contributed by atoms with Gasteiger partial charge in [-0.05, 0) is 30.5 Å². The standard InChI is InChI=1S/C16H17NO2/c1-16(2,17-15(18)19)14-10-8-13(9-11-14)12-6-4-3-5-7-12/h3-11,17H,1-2H3,(H,18,19). The van der Waals surface area contributed by atoms with Crippen molar-refractivity contribution in [2.75, 3.05) is 0 Å². The zero-order valence-corrected chi connectivity index (χ0v) is 11.1. The van der Waals surface area contributed by atoms with Crippen LogP contribution in [0.25, 0.3) is 11.1 Å². The van der Waals surface area contributed by atoms with Gasteiger partial charge in [-0.15, -0.1) is 0 Å². The van der Waals surface area contributed by atoms with Crippen molar-refractivity contribution in [3.63, 3.8) is 0 Å². The van der Waals surface area contributed by atoms with E-state index < -0.39 is 11.6 Å². The third kappa shape index (κ3) is 3.13. The summed E-state index contributed by atoms with van der Waals surface area (Å²) in [6.07, 6.45) is -1.02. The molecule has 0 aliphatic rings. The third-order valence-corrected chi connectivity index (χ3v) is 3.13. The van der Waals surface area contributed by atoms with E-state index >= 15 is 0 Å². The van der Waals surface area contributed by atoms with E-state index in [-0.39, 0.29) is 0 Å². The van der Waals surface area contributed by atoms with Gasteiger partial charge in [-0.1, -0.05) is 54.6 Å². The Labute approximate surface area is 112 Å². The fraction of sp³-hybridized carbons (Fsp3) is 0.188. The van der Waals surface area contributed by atoms with E-state index in [2.05, 4.69) is 17.4 Å². The molecule has 3 nitrogen and oxygen atoms in total. The van der Waals surface area contributed by atoms with E-state index in [1.807, 2.05) is 56.3 Å². The average molecular weight is 255 g/mol. The van der Waals surface area contributed by atoms with Crippen molar-refractivity contribution in [3.05, 3.63) is 60.2 Å². The summed E-state index contributed by atoms with van der Waals surface area (Å²) in [7, 11) is 0. The fourth-order valence-electron chi connectivity index (χ4n) is 2.05. The molecule has 0 atom stereocenters. The minimum Gasteiger partial charge on any atom is -0.465 e. The normalized spacial score (nSPS) is 11.1. The van der Waals surface area contributed by atoms with Crippen molar-refractivity contribution in [1.29, 1.82) is 0 Å². The second-order valence-corrected chi connectivity index (χ2v) is 5.00. The molecule has 0 saturated carbocycles. The molecule has 0 saturated heterocycles. The second kappa shape index (κ2) is 5.14. The van der Waals surface area contributed by atoms with Gasteiger partial charge in [-0.25, -0.2) is 4.79 Å². The summed E-state index contributed by atoms with van der Waals surface area (Å²) in [5.74, 6) is 0. The maximum atomic E-state index is 10.8. The monoisotopic (exact) mass is 255 g/mol. The number of nitrogens with one attached hydrogen (secondary N) is 1. The van der Waals surface area contributed by atoms with Gasteiger partial charge in [0, 0.05) is 0 Å². The van der Waals surface area contributed by atoms with Crippen LogP contribution in [0.15, 0.2) is 54.6 Å². The molecule has 0 bridgehead atoms. The van der Waals surface area contributed by atoms with Crippen molar-refractivity contribution in [2.24, 2.45) is 0 Å². The highest BCUT2D eigenvalue weighted by atomic mass is 16.4. The predicted molar refractivity (Wildman–Crippen MR) is 76.1 cm³/mol. The van der Waals surface area contributed by atoms with Crippen LogP contribution < -0.4 is 5.32 Å². The molecule has 1 amide bonds. The van der Waals surface area contributed by atoms with Gasteiger partial charge in [0.2, 0.25) is 0 Å². The average Bonchev–Trinajstić information content (AvgIpc) is 2.38. The Balaban J connectivity index is 2.26. The molecule has 0 aromatic heterocycles. The van der Waals surface area contributed by atoms with E-state index in [1.54, 1.807) is 0 Å². The van der Waals surface area contributed by atoms with E-state index in [4.69, 9.17) is 5.11 Å². The van der Waals surface area contributed by atoms with Crippen LogP contribution >= 0.6 is 0 Å². The summed E-state index contributed by atoms with van der Waals surface area (Å²) < 4.78 is 0. The van der Waals surface area contributed by atoms with Crippen LogP contribution in [0.5, 0.6) is 0 Å². The van der Waals surface area contributed by atoms with Crippen LogP contribution in [0.1, 0.15) is 19.4 Å². The molecule has 19 heavy (non-hydrogen) atoms. The van der Waals surface area contributed by atoms with Crippen LogP contribution in [0, 0.1) is 0 Å². The molecular formula is C16H17NO2. The number of carbonyl (C=O) groups is 1. The van der Waals surface area contributed by atoms with Gasteiger partial charge in [0.05, 0.1) is 5.54 Å². The van der Waals surface area contributed by atoms with Gasteiger partial charge in [0.25, 0.3) is 0 Å². The highest BCUT2D eigenvalue weighted by molar-refractivity contribution is 5.67. The fourth-order valence-corrected chi connectivity index (χ4v) is 2.05. The molecule has 0 heterocycles. The number of carboxylic acid groups (broad SMARTS) is 1. The SMILES string of the molecule is CC(C)(NC(=O)O)c1ccc(-c2ccccc2)cc1. The van der Waals surface area contributed by atoms with Crippen molar-refractivity contribution in [3.8, 4) is 11.1 Å². The Hall–Kier alpha value is -2.29. The first-order valence-corrected chi connectivity index (χ1v) is 6.16. The lowest BCUT2D eigenvalue weighted by molar-refractivity contribution is 0.182. The Bertz CT molecular complexity index is 559. The number of hydrogen-bond donors (Lipinski definition) is 2. The Morgan fingerprint density at radius 1 is 0.947 bits per heavy atom. The first-order valence-electron chi connectivity index (χ1n) is 6.16. The quantitative estimate of drug-likeness (QED) is 0.875. The van der Waals surface area contributed by atoms with Crippen molar-refractivity contribution < 1.29 is 9.90 Å². The molecule has 0 aliphatic carbocycles. The molecule has 2 N–H and O–H groups in total. The zero-order valence-electron chi connectivity index (χ0n) is 11.1. The smallest absolute Gasteiger partial charge is 0.405 e. The van der Waals surface area contributed by atoms with Crippen LogP contribution in [0.2, 0.25) is 0 Å². The molecule has 2 rings (SSSR count). The highest BCUT2D eigenvalue weighted by Crippen LogP contribution is 2.24. The summed E-state index contributed by atoms with van der Waals surface area (Å²) in [4.78, 5) is 10.8. The van der Waals surface area contributed by atoms with Gasteiger partial charge >= 0.3 is 6.09 Å². The molecule has 2 aromatic rings. The van der Waals surface area contributed by atoms with E-state index in [9.17, 15) is 4.79 Å². The summed E-state index contributed by atoms with van der Waals surface area (Å²) in [6.45, 7) is 3.69. The molecule has 0 aliphatic heterocycles. The number of rotatable bonds is 3. The minimum atomic E-state index is -1.02. The van der Waals surface area contributed by atoms with Gasteiger partial charge in [-0.2, -0.15) is 0 Å². The summed E-state index contributed by atoms with van der Waals surface area (Å²) in [5.41, 5.74) is 2.62. The van der Waals surface area contributed by atoms with Gasteiger partial charge in [0.15, 0.2) is 0 Å².